The molecule has 0 amide bonds. The third-order valence-electron chi connectivity index (χ3n) is 6.84. The van der Waals surface area contributed by atoms with Gasteiger partial charge in [-0.1, -0.05) is 32.9 Å². The van der Waals surface area contributed by atoms with Crippen LogP contribution in [-0.2, 0) is 19.0 Å². The number of aliphatic hydroxyl groups is 1. The molecule has 0 spiro atoms. The fourth-order valence-corrected chi connectivity index (χ4v) is 4.80. The third kappa shape index (κ3) is 6.21. The summed E-state index contributed by atoms with van der Waals surface area (Å²) in [5, 5.41) is 25.1. The topological polar surface area (TPSA) is 135 Å². The lowest BCUT2D eigenvalue weighted by Crippen LogP contribution is -2.26. The van der Waals surface area contributed by atoms with E-state index < -0.39 is 0 Å². The molecule has 1 aliphatic rings. The largest absolute Gasteiger partial charge is 0.418 e. The number of anilines is 2. The number of hydrogen-bond donors (Lipinski definition) is 2. The number of Topliss-reactive ketones (excluding diaryl/α,β-unsaturated/α-hetero) is 1. The van der Waals surface area contributed by atoms with Crippen LogP contribution >= 0.6 is 0 Å². The van der Waals surface area contributed by atoms with Crippen LogP contribution in [0.2, 0.25) is 0 Å². The van der Waals surface area contributed by atoms with Gasteiger partial charge in [-0.2, -0.15) is 5.10 Å². The van der Waals surface area contributed by atoms with Gasteiger partial charge >= 0.3 is 0 Å². The number of carbonyl (C=O) groups excluding carboxylic acids is 1. The Morgan fingerprint density at radius 1 is 1.23 bits per heavy atom. The van der Waals surface area contributed by atoms with E-state index in [0.717, 1.165) is 41.0 Å². The first kappa shape index (κ1) is 26.6. The average Bonchev–Trinajstić information content (AvgIpc) is 3.52. The minimum Gasteiger partial charge on any atom is -0.418 e. The quantitative estimate of drug-likeness (QED) is 0.323. The van der Waals surface area contributed by atoms with Gasteiger partial charge in [0.1, 0.15) is 0 Å². The molecule has 39 heavy (non-hydrogen) atoms. The van der Waals surface area contributed by atoms with E-state index in [4.69, 9.17) is 9.40 Å². The number of ketones is 1. The summed E-state index contributed by atoms with van der Waals surface area (Å²) in [4.78, 5) is 24.5. The van der Waals surface area contributed by atoms with Gasteiger partial charge in [0.05, 0.1) is 24.2 Å². The molecule has 4 heterocycles. The van der Waals surface area contributed by atoms with Gasteiger partial charge in [-0.05, 0) is 42.1 Å². The van der Waals surface area contributed by atoms with Gasteiger partial charge in [0.15, 0.2) is 0 Å². The van der Waals surface area contributed by atoms with Crippen LogP contribution < -0.4 is 5.32 Å². The summed E-state index contributed by atoms with van der Waals surface area (Å²) in [6.07, 6.45) is 6.35. The number of carbonyl (C=O) groups is 1. The first-order valence-corrected chi connectivity index (χ1v) is 13.1. The third-order valence-corrected chi connectivity index (χ3v) is 6.84. The van der Waals surface area contributed by atoms with Crippen molar-refractivity contribution in [2.45, 2.75) is 51.5 Å². The molecule has 0 saturated carbocycles. The maximum atomic E-state index is 13.2. The summed E-state index contributed by atoms with van der Waals surface area (Å²) in [5.41, 5.74) is 4.44. The van der Waals surface area contributed by atoms with Gasteiger partial charge in [0.25, 0.3) is 5.89 Å². The number of rotatable bonds is 8. The Morgan fingerprint density at radius 3 is 2.79 bits per heavy atom. The molecule has 11 nitrogen and oxygen atoms in total. The molecule has 0 bridgehead atoms. The molecule has 0 radical (unpaired) electrons. The molecule has 1 aliphatic heterocycles. The smallest absolute Gasteiger partial charge is 0.284 e. The zero-order chi connectivity index (χ0) is 27.6. The number of aromatic nitrogens is 6. The van der Waals surface area contributed by atoms with Crippen LogP contribution in [0, 0.1) is 0 Å². The van der Waals surface area contributed by atoms with E-state index in [-0.39, 0.29) is 36.0 Å². The van der Waals surface area contributed by atoms with E-state index in [1.165, 1.54) is 0 Å². The van der Waals surface area contributed by atoms with Crippen LogP contribution in [0.5, 0.6) is 0 Å². The summed E-state index contributed by atoms with van der Waals surface area (Å²) in [7, 11) is 1.85. The van der Waals surface area contributed by atoms with Gasteiger partial charge < -0.3 is 14.8 Å². The van der Waals surface area contributed by atoms with Gasteiger partial charge in [-0.15, -0.1) is 10.2 Å². The first-order valence-electron chi connectivity index (χ1n) is 13.1. The Morgan fingerprint density at radius 2 is 2.08 bits per heavy atom. The zero-order valence-corrected chi connectivity index (χ0v) is 22.8. The second kappa shape index (κ2) is 11.0. The number of aliphatic hydroxyl groups excluding tert-OH is 1. The van der Waals surface area contributed by atoms with Crippen LogP contribution in [0.4, 0.5) is 11.6 Å². The monoisotopic (exact) mass is 530 g/mol. The zero-order valence-electron chi connectivity index (χ0n) is 22.8. The van der Waals surface area contributed by atoms with Crippen LogP contribution in [-0.4, -0.2) is 65.4 Å². The highest BCUT2D eigenvalue weighted by Crippen LogP contribution is 2.35. The van der Waals surface area contributed by atoms with Crippen LogP contribution in [0.25, 0.3) is 11.3 Å². The Hall–Kier alpha value is -3.96. The number of hydrogen-bond acceptors (Lipinski definition) is 10. The summed E-state index contributed by atoms with van der Waals surface area (Å²) in [6.45, 7) is 8.00. The number of β-amino-alcohol motifs (C(OH)–C–C–N with tert-alkyl or cyclic N) is 1. The summed E-state index contributed by atoms with van der Waals surface area (Å²) >= 11 is 0. The van der Waals surface area contributed by atoms with Gasteiger partial charge in [-0.25, -0.2) is 9.97 Å². The highest BCUT2D eigenvalue weighted by Gasteiger charge is 2.29. The lowest BCUT2D eigenvalue weighted by Gasteiger charge is -2.19. The average molecular weight is 531 g/mol. The number of nitrogens with zero attached hydrogens (tertiary/aromatic N) is 7. The predicted octanol–water partition coefficient (Wildman–Crippen LogP) is 3.86. The standard InChI is InChI=1S/C28H34N8O3/c1-28(2,3)26-34-33-25(39-26)24(38)14-18-8-10-36(11-12-37)16-20-13-19(5-6-22(18)20)23-7-9-29-27(32-23)31-21-15-30-35(4)17-21/h5-7,9,13,15,17-18,37H,8,10-12,14,16H2,1-4H3,(H,29,31,32). The molecule has 2 N–H and O–H groups in total. The van der Waals surface area contributed by atoms with Crippen molar-refractivity contribution >= 4 is 17.4 Å². The molecule has 1 unspecified atom stereocenters. The Balaban J connectivity index is 1.41. The minimum atomic E-state index is -0.323. The van der Waals surface area contributed by atoms with Crippen molar-refractivity contribution in [3.8, 4) is 11.3 Å². The molecule has 204 valence electrons. The maximum Gasteiger partial charge on any atom is 0.284 e. The predicted molar refractivity (Wildman–Crippen MR) is 146 cm³/mol. The number of fused-ring (bicyclic) bond motifs is 1. The van der Waals surface area contributed by atoms with E-state index >= 15 is 0 Å². The second-order valence-corrected chi connectivity index (χ2v) is 11.0. The van der Waals surface area contributed by atoms with Crippen molar-refractivity contribution in [3.05, 3.63) is 65.8 Å². The number of nitrogens with one attached hydrogen (secondary N) is 1. The number of aryl methyl sites for hydroxylation is 1. The molecule has 0 fully saturated rings. The fraction of sp³-hybridized carbons (Fsp3) is 0.429. The van der Waals surface area contributed by atoms with Crippen molar-refractivity contribution in [3.63, 3.8) is 0 Å². The van der Waals surface area contributed by atoms with E-state index in [1.807, 2.05) is 46.1 Å². The summed E-state index contributed by atoms with van der Waals surface area (Å²) in [5.74, 6) is 0.825. The Labute approximate surface area is 227 Å². The first-order chi connectivity index (χ1) is 18.7. The highest BCUT2D eigenvalue weighted by atomic mass is 16.4. The van der Waals surface area contributed by atoms with Crippen molar-refractivity contribution < 1.29 is 14.3 Å². The summed E-state index contributed by atoms with van der Waals surface area (Å²) < 4.78 is 7.43. The summed E-state index contributed by atoms with van der Waals surface area (Å²) in [6, 6.07) is 8.14. The fourth-order valence-electron chi connectivity index (χ4n) is 4.80. The van der Waals surface area contributed by atoms with Crippen molar-refractivity contribution in [1.82, 2.24) is 34.8 Å². The van der Waals surface area contributed by atoms with Crippen LogP contribution in [0.1, 0.15) is 67.2 Å². The molecule has 11 heteroatoms. The second-order valence-electron chi connectivity index (χ2n) is 11.0. The molecule has 0 aliphatic carbocycles. The number of benzene rings is 1. The Bertz CT molecular complexity index is 1460. The van der Waals surface area contributed by atoms with Crippen LogP contribution in [0.15, 0.2) is 47.3 Å². The van der Waals surface area contributed by atoms with E-state index in [2.05, 4.69) is 42.6 Å². The molecule has 4 aromatic rings. The van der Waals surface area contributed by atoms with E-state index in [9.17, 15) is 9.90 Å². The lowest BCUT2D eigenvalue weighted by atomic mass is 9.87. The SMILES string of the molecule is Cn1cc(Nc2nccc(-c3ccc4c(c3)CN(CCO)CCC4CC(=O)c3nnc(C(C)(C)C)o3)n2)cn1. The molecule has 0 saturated heterocycles. The maximum absolute atomic E-state index is 13.2. The van der Waals surface area contributed by atoms with Gasteiger partial charge in [-0.3, -0.25) is 14.4 Å². The van der Waals surface area contributed by atoms with Gasteiger partial charge in [0.2, 0.25) is 17.6 Å². The highest BCUT2D eigenvalue weighted by molar-refractivity contribution is 5.92. The van der Waals surface area contributed by atoms with Crippen LogP contribution in [0.3, 0.4) is 0 Å². The molecular formula is C28H34N8O3. The van der Waals surface area contributed by atoms with Gasteiger partial charge in [0, 0.05) is 49.9 Å². The normalized spacial score (nSPS) is 16.1. The van der Waals surface area contributed by atoms with Crippen molar-refractivity contribution in [2.75, 3.05) is 25.0 Å². The molecule has 1 atom stereocenters. The van der Waals surface area contributed by atoms with E-state index in [0.29, 0.717) is 24.9 Å². The lowest BCUT2D eigenvalue weighted by molar-refractivity contribution is 0.0933. The molecule has 1 aromatic carbocycles. The van der Waals surface area contributed by atoms with Crippen molar-refractivity contribution in [1.29, 1.82) is 0 Å². The Kier molecular flexibility index (Phi) is 7.53. The molecule has 3 aromatic heterocycles. The van der Waals surface area contributed by atoms with E-state index in [1.54, 1.807) is 17.1 Å². The van der Waals surface area contributed by atoms with Crippen molar-refractivity contribution in [2.24, 2.45) is 7.05 Å². The molecule has 5 rings (SSSR count). The minimum absolute atomic E-state index is 0.0107. The molecular weight excluding hydrogens is 496 g/mol.